The Balaban J connectivity index is 1.63. The van der Waals surface area contributed by atoms with Crippen LogP contribution in [0, 0.1) is 0 Å². The fraction of sp³-hybridized carbons (Fsp3) is 0.391. The van der Waals surface area contributed by atoms with E-state index in [9.17, 15) is 14.4 Å². The summed E-state index contributed by atoms with van der Waals surface area (Å²) in [6.45, 7) is 3.57. The number of benzene rings is 1. The summed E-state index contributed by atoms with van der Waals surface area (Å²) in [4.78, 5) is 40.8. The topological polar surface area (TPSA) is 97.9 Å². The molecule has 0 radical (unpaired) electrons. The molecule has 0 aliphatic carbocycles. The fourth-order valence-electron chi connectivity index (χ4n) is 4.51. The first-order valence-corrected chi connectivity index (χ1v) is 10.9. The van der Waals surface area contributed by atoms with Crippen LogP contribution in [-0.2, 0) is 22.6 Å². The Kier molecular flexibility index (Phi) is 5.26. The molecule has 2 aliphatic rings. The van der Waals surface area contributed by atoms with E-state index in [-0.39, 0.29) is 42.3 Å². The molecule has 9 nitrogen and oxygen atoms in total. The Bertz CT molecular complexity index is 1240. The minimum absolute atomic E-state index is 0.0195. The van der Waals surface area contributed by atoms with Crippen molar-refractivity contribution in [3.05, 3.63) is 58.0 Å². The van der Waals surface area contributed by atoms with Gasteiger partial charge in [-0.3, -0.25) is 14.4 Å². The molecule has 9 heteroatoms. The number of nitrogens with zero attached hydrogens (tertiary/aromatic N) is 4. The van der Waals surface area contributed by atoms with Gasteiger partial charge in [0.15, 0.2) is 0 Å². The van der Waals surface area contributed by atoms with E-state index in [1.54, 1.807) is 15.5 Å². The van der Waals surface area contributed by atoms with Crippen LogP contribution >= 0.6 is 0 Å². The van der Waals surface area contributed by atoms with Crippen LogP contribution in [0.5, 0.6) is 0 Å². The zero-order valence-corrected chi connectivity index (χ0v) is 17.9. The Hall–Kier alpha value is -3.46. The van der Waals surface area contributed by atoms with Crippen LogP contribution in [0.1, 0.15) is 35.8 Å². The summed E-state index contributed by atoms with van der Waals surface area (Å²) in [7, 11) is 0. The third-order valence-corrected chi connectivity index (χ3v) is 6.01. The monoisotopic (exact) mass is 435 g/mol. The van der Waals surface area contributed by atoms with Gasteiger partial charge >= 0.3 is 0 Å². The number of aromatic nitrogens is 3. The summed E-state index contributed by atoms with van der Waals surface area (Å²) in [5.41, 5.74) is 2.20. The molecule has 1 saturated heterocycles. The molecule has 1 aromatic carbocycles. The zero-order valence-electron chi connectivity index (χ0n) is 17.9. The summed E-state index contributed by atoms with van der Waals surface area (Å²) in [5.74, 6) is -0.477. The molecule has 1 atom stereocenters. The van der Waals surface area contributed by atoms with E-state index in [0.717, 1.165) is 18.4 Å². The van der Waals surface area contributed by atoms with Crippen molar-refractivity contribution in [3.8, 4) is 11.3 Å². The maximum absolute atomic E-state index is 13.4. The molecular weight excluding hydrogens is 410 g/mol. The van der Waals surface area contributed by atoms with Gasteiger partial charge in [0.2, 0.25) is 5.91 Å². The molecular formula is C23H25N5O4. The molecule has 0 spiro atoms. The highest BCUT2D eigenvalue weighted by Crippen LogP contribution is 2.26. The van der Waals surface area contributed by atoms with Crippen molar-refractivity contribution >= 4 is 17.5 Å². The number of carbonyl (C=O) groups is 2. The predicted octanol–water partition coefficient (Wildman–Crippen LogP) is 1.43. The number of rotatable bonds is 6. The quantitative estimate of drug-likeness (QED) is 0.632. The van der Waals surface area contributed by atoms with Crippen LogP contribution in [0.25, 0.3) is 16.9 Å². The van der Waals surface area contributed by atoms with E-state index < -0.39 is 0 Å². The smallest absolute Gasteiger partial charge is 0.280 e. The molecule has 0 bridgehead atoms. The predicted molar refractivity (Wildman–Crippen MR) is 117 cm³/mol. The molecule has 1 unspecified atom stereocenters. The summed E-state index contributed by atoms with van der Waals surface area (Å²) >= 11 is 0. The third kappa shape index (κ3) is 3.48. The average Bonchev–Trinajstić information content (AvgIpc) is 3.53. The zero-order chi connectivity index (χ0) is 22.2. The molecule has 166 valence electrons. The van der Waals surface area contributed by atoms with Crippen LogP contribution in [0.2, 0.25) is 0 Å². The van der Waals surface area contributed by atoms with Crippen molar-refractivity contribution in [2.24, 2.45) is 0 Å². The lowest BCUT2D eigenvalue weighted by Crippen LogP contribution is -2.34. The lowest BCUT2D eigenvalue weighted by Gasteiger charge is -2.19. The van der Waals surface area contributed by atoms with Crippen molar-refractivity contribution in [3.63, 3.8) is 0 Å². The van der Waals surface area contributed by atoms with E-state index in [4.69, 9.17) is 4.74 Å². The molecule has 3 aromatic rings. The van der Waals surface area contributed by atoms with E-state index in [2.05, 4.69) is 10.4 Å². The fourth-order valence-corrected chi connectivity index (χ4v) is 4.51. The van der Waals surface area contributed by atoms with Crippen LogP contribution < -0.4 is 10.9 Å². The van der Waals surface area contributed by atoms with Crippen molar-refractivity contribution < 1.29 is 14.3 Å². The van der Waals surface area contributed by atoms with E-state index in [1.165, 1.54) is 4.52 Å². The first kappa shape index (κ1) is 20.4. The number of amides is 2. The molecule has 5 rings (SSSR count). The largest absolute Gasteiger partial charge is 0.376 e. The second-order valence-corrected chi connectivity index (χ2v) is 8.16. The maximum Gasteiger partial charge on any atom is 0.280 e. The number of hydrogen-bond donors (Lipinski definition) is 1. The number of nitrogens with one attached hydrogen (secondary N) is 1. The van der Waals surface area contributed by atoms with Crippen LogP contribution in [-0.4, -0.2) is 56.7 Å². The maximum atomic E-state index is 13.4. The van der Waals surface area contributed by atoms with Gasteiger partial charge in [-0.15, -0.1) is 0 Å². The van der Waals surface area contributed by atoms with Crippen LogP contribution in [0.15, 0.2) is 41.2 Å². The summed E-state index contributed by atoms with van der Waals surface area (Å²) in [6, 6.07) is 11.3. The third-order valence-electron chi connectivity index (χ3n) is 6.01. The lowest BCUT2D eigenvalue weighted by molar-refractivity contribution is -0.121. The van der Waals surface area contributed by atoms with Gasteiger partial charge in [0.25, 0.3) is 11.5 Å². The van der Waals surface area contributed by atoms with Crippen LogP contribution in [0.4, 0.5) is 0 Å². The van der Waals surface area contributed by atoms with Gasteiger partial charge in [0.05, 0.1) is 23.9 Å². The van der Waals surface area contributed by atoms with Gasteiger partial charge in [-0.25, -0.2) is 0 Å². The van der Waals surface area contributed by atoms with Crippen molar-refractivity contribution in [1.29, 1.82) is 0 Å². The van der Waals surface area contributed by atoms with Gasteiger partial charge in [0, 0.05) is 31.3 Å². The molecule has 4 heterocycles. The first-order chi connectivity index (χ1) is 15.6. The van der Waals surface area contributed by atoms with Gasteiger partial charge in [0.1, 0.15) is 17.9 Å². The molecule has 2 aromatic heterocycles. The highest BCUT2D eigenvalue weighted by atomic mass is 16.5. The van der Waals surface area contributed by atoms with Crippen molar-refractivity contribution in [2.75, 3.05) is 19.7 Å². The number of ether oxygens (including phenoxy) is 1. The Morgan fingerprint density at radius 2 is 2.06 bits per heavy atom. The normalized spacial score (nSPS) is 17.8. The molecule has 32 heavy (non-hydrogen) atoms. The van der Waals surface area contributed by atoms with E-state index in [0.29, 0.717) is 36.6 Å². The van der Waals surface area contributed by atoms with Gasteiger partial charge in [-0.1, -0.05) is 30.3 Å². The molecule has 2 aliphatic heterocycles. The summed E-state index contributed by atoms with van der Waals surface area (Å²) < 4.78 is 8.62. The Morgan fingerprint density at radius 1 is 1.25 bits per heavy atom. The Labute approximate surface area is 184 Å². The van der Waals surface area contributed by atoms with Gasteiger partial charge in [-0.05, 0) is 19.8 Å². The number of carbonyl (C=O) groups excluding carboxylic acids is 2. The summed E-state index contributed by atoms with van der Waals surface area (Å²) in [6.07, 6.45) is 1.85. The molecule has 0 saturated carbocycles. The van der Waals surface area contributed by atoms with Gasteiger partial charge < -0.3 is 19.5 Å². The Morgan fingerprint density at radius 3 is 2.78 bits per heavy atom. The highest BCUT2D eigenvalue weighted by Gasteiger charge is 2.36. The average molecular weight is 435 g/mol. The lowest BCUT2D eigenvalue weighted by atomic mass is 10.1. The number of hydrogen-bond acceptors (Lipinski definition) is 5. The highest BCUT2D eigenvalue weighted by molar-refractivity contribution is 5.98. The summed E-state index contributed by atoms with van der Waals surface area (Å²) in [5, 5.41) is 7.30. The van der Waals surface area contributed by atoms with Crippen LogP contribution in [0.3, 0.4) is 0 Å². The first-order valence-electron chi connectivity index (χ1n) is 10.9. The molecule has 1 fully saturated rings. The van der Waals surface area contributed by atoms with E-state index in [1.807, 2.05) is 37.3 Å². The number of likely N-dealkylation sites (N-methyl/N-ethyl adjacent to an activating group) is 1. The molecule has 2 amide bonds. The SMILES string of the molecule is CCNC(=O)Cn1c2c(c(=O)n3nc(-c4ccccc4)cc13)CN(CC1CCCO1)C2=O. The molecule has 1 N–H and O–H groups in total. The van der Waals surface area contributed by atoms with Gasteiger partial charge in [-0.2, -0.15) is 9.61 Å². The second kappa shape index (κ2) is 8.23. The minimum Gasteiger partial charge on any atom is -0.376 e. The van der Waals surface area contributed by atoms with E-state index >= 15 is 0 Å². The minimum atomic E-state index is -0.326. The second-order valence-electron chi connectivity index (χ2n) is 8.16. The van der Waals surface area contributed by atoms with Crippen molar-refractivity contribution in [1.82, 2.24) is 24.4 Å². The number of fused-ring (bicyclic) bond motifs is 2. The van der Waals surface area contributed by atoms with Crippen molar-refractivity contribution in [2.45, 2.75) is 39.0 Å². The standard InChI is InChI=1S/C23H25N5O4/c1-2-24-19(29)14-27-20-11-18(15-7-4-3-5-8-15)25-28(20)22(30)17-13-26(23(31)21(17)27)12-16-9-6-10-32-16/h3-5,7-8,11,16H,2,6,9-10,12-14H2,1H3,(H,24,29).